The van der Waals surface area contributed by atoms with Gasteiger partial charge in [0.15, 0.2) is 5.82 Å². The molecule has 0 unspecified atom stereocenters. The van der Waals surface area contributed by atoms with Gasteiger partial charge >= 0.3 is 0 Å². The molecule has 2 atom stereocenters. The van der Waals surface area contributed by atoms with Crippen molar-refractivity contribution in [1.29, 1.82) is 0 Å². The Bertz CT molecular complexity index is 1340. The zero-order chi connectivity index (χ0) is 22.9. The first-order valence-corrected chi connectivity index (χ1v) is 10.7. The Kier molecular flexibility index (Phi) is 5.53. The summed E-state index contributed by atoms with van der Waals surface area (Å²) in [4.78, 5) is 23.4. The number of H-pyrrole nitrogens is 1. The Morgan fingerprint density at radius 2 is 2.12 bits per heavy atom. The molecular weight excluding hydrogens is 424 g/mol. The number of anilines is 2. The van der Waals surface area contributed by atoms with E-state index in [-0.39, 0.29) is 18.3 Å². The summed E-state index contributed by atoms with van der Waals surface area (Å²) in [6.45, 7) is 4.46. The van der Waals surface area contributed by atoms with Crippen LogP contribution in [0.4, 0.5) is 11.6 Å². The molecule has 5 rings (SSSR count). The Hall–Kier alpha value is -3.76. The number of ether oxygens (including phenoxy) is 2. The van der Waals surface area contributed by atoms with Crippen molar-refractivity contribution in [1.82, 2.24) is 24.6 Å². The topological polar surface area (TPSA) is 127 Å². The van der Waals surface area contributed by atoms with Crippen molar-refractivity contribution in [3.8, 4) is 16.9 Å². The van der Waals surface area contributed by atoms with Crippen molar-refractivity contribution in [2.75, 3.05) is 18.5 Å². The zero-order valence-electron chi connectivity index (χ0n) is 18.3. The first kappa shape index (κ1) is 21.1. The fourth-order valence-corrected chi connectivity index (χ4v) is 3.91. The second kappa shape index (κ2) is 8.64. The van der Waals surface area contributed by atoms with E-state index in [1.54, 1.807) is 4.52 Å². The van der Waals surface area contributed by atoms with Crippen molar-refractivity contribution in [3.63, 3.8) is 0 Å². The molecule has 0 radical (unpaired) electrons. The molecule has 33 heavy (non-hydrogen) atoms. The standard InChI is InChI=1S/C23H24N6O4/c1-13-7-21(26-14(2)25-13)27-22-9-16-8-15(3-5-29(16)28-22)17-10-23(31)24-11-19(17)33-12-20-18(30)4-6-32-20/h3,5,7-11,18,20,30H,4,6,12H2,1-2H3,(H,24,31)(H,25,26,27,28)/t18-,20+/m0/s1. The highest BCUT2D eigenvalue weighted by Crippen LogP contribution is 2.30. The van der Waals surface area contributed by atoms with Gasteiger partial charge in [-0.05, 0) is 38.0 Å². The number of aliphatic hydroxyl groups excluding tert-OH is 1. The van der Waals surface area contributed by atoms with Crippen molar-refractivity contribution in [2.24, 2.45) is 0 Å². The number of pyridine rings is 2. The molecule has 170 valence electrons. The van der Waals surface area contributed by atoms with E-state index in [0.717, 1.165) is 16.8 Å². The van der Waals surface area contributed by atoms with E-state index >= 15 is 0 Å². The molecule has 4 aromatic rings. The van der Waals surface area contributed by atoms with Crippen LogP contribution in [0.5, 0.6) is 5.75 Å². The summed E-state index contributed by atoms with van der Waals surface area (Å²) in [7, 11) is 0. The van der Waals surface area contributed by atoms with Crippen molar-refractivity contribution < 1.29 is 14.6 Å². The molecule has 0 amide bonds. The number of hydrogen-bond acceptors (Lipinski definition) is 8. The van der Waals surface area contributed by atoms with Crippen molar-refractivity contribution >= 4 is 17.2 Å². The minimum Gasteiger partial charge on any atom is -0.489 e. The van der Waals surface area contributed by atoms with Crippen LogP contribution >= 0.6 is 0 Å². The quantitative estimate of drug-likeness (QED) is 0.410. The zero-order valence-corrected chi connectivity index (χ0v) is 18.3. The summed E-state index contributed by atoms with van der Waals surface area (Å²) in [5.74, 6) is 2.50. The van der Waals surface area contributed by atoms with Gasteiger partial charge in [-0.2, -0.15) is 5.10 Å². The van der Waals surface area contributed by atoms with Gasteiger partial charge < -0.3 is 24.9 Å². The molecule has 1 saturated heterocycles. The first-order chi connectivity index (χ1) is 15.9. The lowest BCUT2D eigenvalue weighted by Crippen LogP contribution is -2.28. The van der Waals surface area contributed by atoms with Crippen LogP contribution in [0.3, 0.4) is 0 Å². The highest BCUT2D eigenvalue weighted by atomic mass is 16.5. The van der Waals surface area contributed by atoms with Crippen LogP contribution in [0.1, 0.15) is 17.9 Å². The SMILES string of the molecule is Cc1cc(Nc2cc3cc(-c4cc(=O)[nH]cc4OC[C@H]4OCC[C@@H]4O)ccn3n2)nc(C)n1. The first-order valence-electron chi connectivity index (χ1n) is 10.7. The van der Waals surface area contributed by atoms with Crippen LogP contribution in [0, 0.1) is 13.8 Å². The summed E-state index contributed by atoms with van der Waals surface area (Å²) in [5, 5.41) is 17.7. The maximum atomic E-state index is 12.0. The Morgan fingerprint density at radius 1 is 1.24 bits per heavy atom. The minimum absolute atomic E-state index is 0.195. The molecule has 3 N–H and O–H groups in total. The fourth-order valence-electron chi connectivity index (χ4n) is 3.91. The number of fused-ring (bicyclic) bond motifs is 1. The molecule has 5 heterocycles. The highest BCUT2D eigenvalue weighted by molar-refractivity contribution is 5.74. The molecular formula is C23H24N6O4. The molecule has 4 aromatic heterocycles. The number of aromatic nitrogens is 5. The average molecular weight is 448 g/mol. The molecule has 10 nitrogen and oxygen atoms in total. The van der Waals surface area contributed by atoms with Crippen molar-refractivity contribution in [2.45, 2.75) is 32.5 Å². The third-order valence-electron chi connectivity index (χ3n) is 5.46. The third-order valence-corrected chi connectivity index (χ3v) is 5.46. The lowest BCUT2D eigenvalue weighted by Gasteiger charge is -2.16. The summed E-state index contributed by atoms with van der Waals surface area (Å²) < 4.78 is 13.2. The Balaban J connectivity index is 1.42. The number of nitrogens with zero attached hydrogens (tertiary/aromatic N) is 4. The summed E-state index contributed by atoms with van der Waals surface area (Å²) >= 11 is 0. The Morgan fingerprint density at radius 3 is 2.91 bits per heavy atom. The number of nitrogens with one attached hydrogen (secondary N) is 2. The fraction of sp³-hybridized carbons (Fsp3) is 0.304. The monoisotopic (exact) mass is 448 g/mol. The van der Waals surface area contributed by atoms with Gasteiger partial charge in [-0.1, -0.05) is 0 Å². The number of rotatable bonds is 6. The predicted octanol–water partition coefficient (Wildman–Crippen LogP) is 2.37. The smallest absolute Gasteiger partial charge is 0.248 e. The van der Waals surface area contributed by atoms with Gasteiger partial charge in [0.2, 0.25) is 5.56 Å². The number of aryl methyl sites for hydroxylation is 2. The largest absolute Gasteiger partial charge is 0.489 e. The maximum absolute atomic E-state index is 12.0. The highest BCUT2D eigenvalue weighted by Gasteiger charge is 2.27. The second-order valence-corrected chi connectivity index (χ2v) is 8.03. The number of aliphatic hydroxyl groups is 1. The molecule has 1 aliphatic rings. The lowest BCUT2D eigenvalue weighted by molar-refractivity contribution is 0.0110. The summed E-state index contributed by atoms with van der Waals surface area (Å²) in [6.07, 6.45) is 3.01. The van der Waals surface area contributed by atoms with Crippen LogP contribution in [-0.4, -0.2) is 55.1 Å². The van der Waals surface area contributed by atoms with E-state index in [0.29, 0.717) is 41.8 Å². The number of aromatic amines is 1. The van der Waals surface area contributed by atoms with E-state index < -0.39 is 6.10 Å². The normalized spacial score (nSPS) is 18.0. The van der Waals surface area contributed by atoms with E-state index in [4.69, 9.17) is 9.47 Å². The molecule has 0 aromatic carbocycles. The average Bonchev–Trinajstić information content (AvgIpc) is 3.36. The van der Waals surface area contributed by atoms with Crippen LogP contribution in [0.25, 0.3) is 16.6 Å². The second-order valence-electron chi connectivity index (χ2n) is 8.03. The molecule has 0 saturated carbocycles. The lowest BCUT2D eigenvalue weighted by atomic mass is 10.1. The van der Waals surface area contributed by atoms with Crippen LogP contribution < -0.4 is 15.6 Å². The van der Waals surface area contributed by atoms with Gasteiger partial charge in [0.25, 0.3) is 0 Å². The van der Waals surface area contributed by atoms with Gasteiger partial charge in [-0.25, -0.2) is 14.5 Å². The maximum Gasteiger partial charge on any atom is 0.248 e. The molecule has 10 heteroatoms. The number of hydrogen-bond donors (Lipinski definition) is 3. The minimum atomic E-state index is -0.548. The van der Waals surface area contributed by atoms with Crippen LogP contribution in [0.2, 0.25) is 0 Å². The van der Waals surface area contributed by atoms with Crippen LogP contribution in [-0.2, 0) is 4.74 Å². The molecule has 0 aliphatic carbocycles. The molecule has 0 spiro atoms. The van der Waals surface area contributed by atoms with Gasteiger partial charge in [-0.3, -0.25) is 4.79 Å². The van der Waals surface area contributed by atoms with Gasteiger partial charge in [0.1, 0.15) is 30.1 Å². The third kappa shape index (κ3) is 4.57. The van der Waals surface area contributed by atoms with Crippen molar-refractivity contribution in [3.05, 3.63) is 64.6 Å². The van der Waals surface area contributed by atoms with Gasteiger partial charge in [0, 0.05) is 48.5 Å². The summed E-state index contributed by atoms with van der Waals surface area (Å²) in [5.41, 5.74) is 2.91. The molecule has 1 fully saturated rings. The van der Waals surface area contributed by atoms with Crippen LogP contribution in [0.15, 0.2) is 47.5 Å². The molecule has 0 bridgehead atoms. The molecule has 1 aliphatic heterocycles. The van der Waals surface area contributed by atoms with E-state index in [1.807, 2.05) is 44.3 Å². The predicted molar refractivity (Wildman–Crippen MR) is 122 cm³/mol. The van der Waals surface area contributed by atoms with Gasteiger partial charge in [0.05, 0.1) is 11.6 Å². The van der Waals surface area contributed by atoms with E-state index in [9.17, 15) is 9.90 Å². The summed E-state index contributed by atoms with van der Waals surface area (Å²) in [6, 6.07) is 9.04. The van der Waals surface area contributed by atoms with E-state index in [2.05, 4.69) is 25.4 Å². The Labute approximate surface area is 189 Å². The van der Waals surface area contributed by atoms with E-state index in [1.165, 1.54) is 12.3 Å². The van der Waals surface area contributed by atoms with Gasteiger partial charge in [-0.15, -0.1) is 0 Å².